The van der Waals surface area contributed by atoms with E-state index < -0.39 is 5.60 Å². The van der Waals surface area contributed by atoms with Gasteiger partial charge in [0.2, 0.25) is 0 Å². The van der Waals surface area contributed by atoms with Crippen molar-refractivity contribution in [1.82, 2.24) is 4.98 Å². The Labute approximate surface area is 157 Å². The van der Waals surface area contributed by atoms with Crippen molar-refractivity contribution in [3.05, 3.63) is 23.5 Å². The van der Waals surface area contributed by atoms with E-state index in [0.29, 0.717) is 43.0 Å². The Morgan fingerprint density at radius 1 is 1.27 bits per heavy atom. The predicted octanol–water partition coefficient (Wildman–Crippen LogP) is 4.12. The molecular formula is C22H33NO3. The van der Waals surface area contributed by atoms with Crippen molar-refractivity contribution in [2.75, 3.05) is 6.61 Å². The van der Waals surface area contributed by atoms with Crippen LogP contribution in [0.1, 0.15) is 70.6 Å². The molecular weight excluding hydrogens is 326 g/mol. The van der Waals surface area contributed by atoms with E-state index >= 15 is 0 Å². The average molecular weight is 360 g/mol. The van der Waals surface area contributed by atoms with Crippen LogP contribution in [0.4, 0.5) is 0 Å². The third kappa shape index (κ3) is 4.64. The summed E-state index contributed by atoms with van der Waals surface area (Å²) in [4.78, 5) is 17.0. The lowest BCUT2D eigenvalue weighted by Crippen LogP contribution is -2.47. The molecule has 2 aliphatic rings. The van der Waals surface area contributed by atoms with Gasteiger partial charge in [-0.2, -0.15) is 0 Å². The predicted molar refractivity (Wildman–Crippen MR) is 102 cm³/mol. The van der Waals surface area contributed by atoms with Crippen molar-refractivity contribution in [1.29, 1.82) is 0 Å². The summed E-state index contributed by atoms with van der Waals surface area (Å²) in [6.07, 6.45) is 8.15. The Bertz CT molecular complexity index is 634. The number of rotatable bonds is 6. The zero-order valence-electron chi connectivity index (χ0n) is 16.5. The molecule has 2 aliphatic carbocycles. The Morgan fingerprint density at radius 2 is 2.04 bits per heavy atom. The summed E-state index contributed by atoms with van der Waals surface area (Å²) >= 11 is 0. The van der Waals surface area contributed by atoms with Gasteiger partial charge in [0.25, 0.3) is 0 Å². The van der Waals surface area contributed by atoms with E-state index in [1.165, 1.54) is 0 Å². The van der Waals surface area contributed by atoms with Gasteiger partial charge in [-0.25, -0.2) is 0 Å². The molecule has 144 valence electrons. The number of aliphatic hydroxyl groups is 1. The van der Waals surface area contributed by atoms with Crippen LogP contribution in [0, 0.1) is 17.8 Å². The van der Waals surface area contributed by atoms with Crippen molar-refractivity contribution in [3.63, 3.8) is 0 Å². The van der Waals surface area contributed by atoms with Gasteiger partial charge in [0.15, 0.2) is 0 Å². The van der Waals surface area contributed by atoms with E-state index in [2.05, 4.69) is 19.9 Å². The number of hydrogen-bond acceptors (Lipinski definition) is 4. The molecule has 0 radical (unpaired) electrons. The molecule has 4 heteroatoms. The number of aryl methyl sites for hydroxylation is 1. The monoisotopic (exact) mass is 359 g/mol. The number of ether oxygens (including phenoxy) is 1. The molecule has 0 amide bonds. The molecule has 0 aliphatic heterocycles. The number of Topliss-reactive ketones (excluding diaryl/α,β-unsaturated/α-hetero) is 1. The molecule has 1 atom stereocenters. The minimum atomic E-state index is -0.500. The number of carbonyl (C=O) groups is 1. The summed E-state index contributed by atoms with van der Waals surface area (Å²) in [6, 6.07) is 2.08. The molecule has 1 saturated carbocycles. The molecule has 3 rings (SSSR count). The number of hydrogen-bond donors (Lipinski definition) is 1. The van der Waals surface area contributed by atoms with Crippen LogP contribution in [-0.2, 0) is 17.6 Å². The van der Waals surface area contributed by atoms with Gasteiger partial charge in [-0.3, -0.25) is 9.78 Å². The first kappa shape index (κ1) is 19.3. The molecule has 0 spiro atoms. The van der Waals surface area contributed by atoms with Crippen LogP contribution in [0.25, 0.3) is 0 Å². The topological polar surface area (TPSA) is 59.4 Å². The number of ketones is 1. The van der Waals surface area contributed by atoms with E-state index in [9.17, 15) is 9.90 Å². The van der Waals surface area contributed by atoms with Crippen molar-refractivity contribution in [2.45, 2.75) is 77.7 Å². The summed E-state index contributed by atoms with van der Waals surface area (Å²) in [5.41, 5.74) is 1.78. The summed E-state index contributed by atoms with van der Waals surface area (Å²) < 4.78 is 5.85. The van der Waals surface area contributed by atoms with Crippen LogP contribution < -0.4 is 4.74 Å². The summed E-state index contributed by atoms with van der Waals surface area (Å²) in [6.45, 7) is 7.12. The average Bonchev–Trinajstić information content (AvgIpc) is 2.56. The highest BCUT2D eigenvalue weighted by atomic mass is 16.5. The highest BCUT2D eigenvalue weighted by Gasteiger charge is 2.45. The van der Waals surface area contributed by atoms with Gasteiger partial charge in [-0.15, -0.1) is 0 Å². The fourth-order valence-corrected chi connectivity index (χ4v) is 4.27. The van der Waals surface area contributed by atoms with E-state index in [-0.39, 0.29) is 0 Å². The fourth-order valence-electron chi connectivity index (χ4n) is 4.27. The van der Waals surface area contributed by atoms with Crippen LogP contribution in [-0.4, -0.2) is 28.1 Å². The smallest absolute Gasteiger partial charge is 0.137 e. The molecule has 1 N–H and O–H groups in total. The maximum Gasteiger partial charge on any atom is 0.137 e. The Kier molecular flexibility index (Phi) is 6.01. The first-order valence-electron chi connectivity index (χ1n) is 10.2. The third-order valence-corrected chi connectivity index (χ3v) is 6.23. The molecule has 0 saturated heterocycles. The minimum Gasteiger partial charge on any atom is -0.492 e. The van der Waals surface area contributed by atoms with E-state index in [0.717, 1.165) is 55.5 Å². The molecule has 1 aromatic heterocycles. The van der Waals surface area contributed by atoms with Crippen LogP contribution >= 0.6 is 0 Å². The quantitative estimate of drug-likeness (QED) is 0.830. The lowest BCUT2D eigenvalue weighted by atomic mass is 9.62. The molecule has 26 heavy (non-hydrogen) atoms. The van der Waals surface area contributed by atoms with Gasteiger partial charge >= 0.3 is 0 Å². The van der Waals surface area contributed by atoms with Gasteiger partial charge in [-0.05, 0) is 67.9 Å². The van der Waals surface area contributed by atoms with Crippen molar-refractivity contribution in [2.24, 2.45) is 17.8 Å². The molecule has 1 heterocycles. The molecule has 0 bridgehead atoms. The van der Waals surface area contributed by atoms with E-state index in [1.54, 1.807) is 0 Å². The number of carbonyl (C=O) groups excluding carboxylic acids is 1. The fraction of sp³-hybridized carbons (Fsp3) is 0.727. The Balaban J connectivity index is 1.69. The summed E-state index contributed by atoms with van der Waals surface area (Å²) in [5.74, 6) is 2.54. The molecule has 1 aromatic rings. The molecule has 1 fully saturated rings. The number of aromatic nitrogens is 1. The lowest BCUT2D eigenvalue weighted by molar-refractivity contribution is -0.125. The second-order valence-corrected chi connectivity index (χ2v) is 8.76. The van der Waals surface area contributed by atoms with Crippen molar-refractivity contribution < 1.29 is 14.6 Å². The summed E-state index contributed by atoms with van der Waals surface area (Å²) in [5, 5.41) is 10.3. The first-order valence-corrected chi connectivity index (χ1v) is 10.2. The maximum atomic E-state index is 12.3. The number of pyridine rings is 1. The minimum absolute atomic E-state index is 0.314. The zero-order chi connectivity index (χ0) is 18.7. The zero-order valence-corrected chi connectivity index (χ0v) is 16.5. The lowest BCUT2D eigenvalue weighted by Gasteiger charge is -2.47. The molecule has 1 unspecified atom stereocenters. The van der Waals surface area contributed by atoms with E-state index in [4.69, 9.17) is 9.72 Å². The Hall–Kier alpha value is -1.42. The van der Waals surface area contributed by atoms with Gasteiger partial charge in [0.05, 0.1) is 18.4 Å². The largest absolute Gasteiger partial charge is 0.492 e. The van der Waals surface area contributed by atoms with Crippen molar-refractivity contribution >= 4 is 5.78 Å². The summed E-state index contributed by atoms with van der Waals surface area (Å²) in [7, 11) is 0. The normalized spacial score (nSPS) is 28.9. The number of fused-ring (bicyclic) bond motifs is 1. The second kappa shape index (κ2) is 8.08. The third-order valence-electron chi connectivity index (χ3n) is 6.23. The highest BCUT2D eigenvalue weighted by molar-refractivity contribution is 5.79. The van der Waals surface area contributed by atoms with Gasteiger partial charge in [0, 0.05) is 18.5 Å². The van der Waals surface area contributed by atoms with Gasteiger partial charge in [0.1, 0.15) is 11.5 Å². The molecule has 4 nitrogen and oxygen atoms in total. The van der Waals surface area contributed by atoms with Crippen LogP contribution in [0.3, 0.4) is 0 Å². The standard InChI is InChI=1S/C22H33NO3/c1-4-22(25)12-18(13-22)17-9-19(24)6-5-16-10-20(14-23-21(16)11-17)26-8-7-15(2)3/h10,14-15,17-18,25H,4-9,11-13H2,1-3H3. The van der Waals surface area contributed by atoms with Crippen molar-refractivity contribution in [3.8, 4) is 5.75 Å². The second-order valence-electron chi connectivity index (χ2n) is 8.76. The van der Waals surface area contributed by atoms with Gasteiger partial charge < -0.3 is 9.84 Å². The Morgan fingerprint density at radius 3 is 2.73 bits per heavy atom. The van der Waals surface area contributed by atoms with Crippen LogP contribution in [0.15, 0.2) is 12.3 Å². The van der Waals surface area contributed by atoms with Gasteiger partial charge in [-0.1, -0.05) is 20.8 Å². The first-order chi connectivity index (χ1) is 12.4. The highest BCUT2D eigenvalue weighted by Crippen LogP contribution is 2.46. The maximum absolute atomic E-state index is 12.3. The number of nitrogens with zero attached hydrogens (tertiary/aromatic N) is 1. The van der Waals surface area contributed by atoms with Crippen LogP contribution in [0.2, 0.25) is 0 Å². The van der Waals surface area contributed by atoms with E-state index in [1.807, 2.05) is 13.1 Å². The van der Waals surface area contributed by atoms with Crippen LogP contribution in [0.5, 0.6) is 5.75 Å². The molecule has 0 aromatic carbocycles. The SMILES string of the molecule is CCC1(O)CC(C2CC(=O)CCc3cc(OCCC(C)C)cnc3C2)C1.